The van der Waals surface area contributed by atoms with Gasteiger partial charge in [0, 0.05) is 4.48 Å². The van der Waals surface area contributed by atoms with Gasteiger partial charge >= 0.3 is 4.33 Å². The van der Waals surface area contributed by atoms with Gasteiger partial charge in [-0.2, -0.15) is 0 Å². The third-order valence-corrected chi connectivity index (χ3v) is 10.2. The fraction of sp³-hybridized carbons (Fsp3) is 0.0909. The van der Waals surface area contributed by atoms with Gasteiger partial charge in [0.15, 0.2) is 0 Å². The summed E-state index contributed by atoms with van der Waals surface area (Å²) in [5.41, 5.74) is 0.505. The molecule has 0 saturated carbocycles. The van der Waals surface area contributed by atoms with Crippen molar-refractivity contribution in [3.05, 3.63) is 101 Å². The maximum absolute atomic E-state index is 16.6. The number of rotatable bonds is 7. The Labute approximate surface area is 188 Å². The van der Waals surface area contributed by atoms with Gasteiger partial charge in [0.25, 0.3) is 0 Å². The molecule has 162 valence electrons. The molecule has 0 aliphatic carbocycles. The summed E-state index contributed by atoms with van der Waals surface area (Å²) in [6, 6.07) is 21.0. The number of hydrogen-bond acceptors (Lipinski definition) is 5. The molecule has 0 heterocycles. The molecular formula is C22H18BrFO5S2. The van der Waals surface area contributed by atoms with Crippen LogP contribution in [0.4, 0.5) is 4.39 Å². The molecule has 1 N–H and O–H groups in total. The van der Waals surface area contributed by atoms with Crippen LogP contribution in [0.15, 0.2) is 105 Å². The lowest BCUT2D eigenvalue weighted by Crippen LogP contribution is -2.52. The summed E-state index contributed by atoms with van der Waals surface area (Å²) in [7, 11) is -10.4. The van der Waals surface area contributed by atoms with E-state index < -0.39 is 39.9 Å². The van der Waals surface area contributed by atoms with Crippen LogP contribution in [0.5, 0.6) is 0 Å². The minimum atomic E-state index is -5.22. The van der Waals surface area contributed by atoms with Crippen molar-refractivity contribution in [2.75, 3.05) is 0 Å². The van der Waals surface area contributed by atoms with E-state index in [1.54, 1.807) is 30.3 Å². The van der Waals surface area contributed by atoms with E-state index in [4.69, 9.17) is 0 Å². The maximum Gasteiger partial charge on any atom is 0.347 e. The molecule has 1 unspecified atom stereocenters. The number of hydrogen-bond donors (Lipinski definition) is 1. The van der Waals surface area contributed by atoms with Crippen LogP contribution in [0.1, 0.15) is 5.56 Å². The van der Waals surface area contributed by atoms with Gasteiger partial charge in [0.1, 0.15) is 6.10 Å². The van der Waals surface area contributed by atoms with Crippen LogP contribution < -0.4 is 0 Å². The lowest BCUT2D eigenvalue weighted by Gasteiger charge is -2.30. The highest BCUT2D eigenvalue weighted by atomic mass is 79.9. The Bertz CT molecular complexity index is 1210. The molecule has 0 bridgehead atoms. The van der Waals surface area contributed by atoms with Crippen molar-refractivity contribution >= 4 is 41.7 Å². The van der Waals surface area contributed by atoms with E-state index in [1.807, 2.05) is 0 Å². The Morgan fingerprint density at radius 2 is 1.13 bits per heavy atom. The third kappa shape index (κ3) is 4.23. The molecule has 3 rings (SSSR count). The van der Waals surface area contributed by atoms with Gasteiger partial charge in [-0.05, 0) is 35.9 Å². The van der Waals surface area contributed by atoms with E-state index in [-0.39, 0.29) is 4.48 Å². The van der Waals surface area contributed by atoms with Gasteiger partial charge in [0.2, 0.25) is 19.7 Å². The normalized spacial score (nSPS) is 14.2. The number of sulfone groups is 2. The average molecular weight is 525 g/mol. The summed E-state index contributed by atoms with van der Waals surface area (Å²) in [5.74, 6) is 0. The molecule has 0 saturated heterocycles. The van der Waals surface area contributed by atoms with E-state index in [1.165, 1.54) is 42.5 Å². The summed E-state index contributed by atoms with van der Waals surface area (Å²) < 4.78 is 65.4. The molecule has 0 fully saturated rings. The summed E-state index contributed by atoms with van der Waals surface area (Å²) in [6.45, 7) is 0. The first-order chi connectivity index (χ1) is 14.6. The summed E-state index contributed by atoms with van der Waals surface area (Å²) in [6.07, 6.45) is -1.30. The lowest BCUT2D eigenvalue weighted by molar-refractivity contribution is 0.132. The van der Waals surface area contributed by atoms with Gasteiger partial charge in [0.05, 0.1) is 9.79 Å². The summed E-state index contributed by atoms with van der Waals surface area (Å²) in [4.78, 5) is -1.15. The van der Waals surface area contributed by atoms with E-state index in [0.717, 1.165) is 24.3 Å². The van der Waals surface area contributed by atoms with Gasteiger partial charge in [-0.1, -0.05) is 82.7 Å². The van der Waals surface area contributed by atoms with Gasteiger partial charge < -0.3 is 5.11 Å². The van der Waals surface area contributed by atoms with Crippen molar-refractivity contribution in [1.82, 2.24) is 0 Å². The highest BCUT2D eigenvalue weighted by Gasteiger charge is 2.63. The van der Waals surface area contributed by atoms with Crippen LogP contribution in [-0.2, 0) is 19.7 Å². The fourth-order valence-corrected chi connectivity index (χ4v) is 8.04. The van der Waals surface area contributed by atoms with Crippen molar-refractivity contribution in [3.63, 3.8) is 0 Å². The number of aliphatic hydroxyl groups is 1. The highest BCUT2D eigenvalue weighted by Crippen LogP contribution is 2.43. The molecule has 1 atom stereocenters. The molecular weight excluding hydrogens is 507 g/mol. The number of alkyl halides is 1. The van der Waals surface area contributed by atoms with Crippen LogP contribution in [0.25, 0.3) is 6.08 Å². The Hall–Kier alpha value is -2.33. The Morgan fingerprint density at radius 1 is 0.774 bits per heavy atom. The van der Waals surface area contributed by atoms with Crippen molar-refractivity contribution in [1.29, 1.82) is 0 Å². The second kappa shape index (κ2) is 9.04. The zero-order valence-electron chi connectivity index (χ0n) is 16.0. The van der Waals surface area contributed by atoms with Crippen molar-refractivity contribution < 1.29 is 26.3 Å². The van der Waals surface area contributed by atoms with Gasteiger partial charge in [-0.15, -0.1) is 0 Å². The zero-order valence-corrected chi connectivity index (χ0v) is 19.2. The molecule has 9 heteroatoms. The van der Waals surface area contributed by atoms with E-state index in [9.17, 15) is 21.9 Å². The molecule has 31 heavy (non-hydrogen) atoms. The monoisotopic (exact) mass is 524 g/mol. The first kappa shape index (κ1) is 23.3. The van der Waals surface area contributed by atoms with E-state index >= 15 is 4.39 Å². The van der Waals surface area contributed by atoms with E-state index in [2.05, 4.69) is 15.9 Å². The topological polar surface area (TPSA) is 88.5 Å². The summed E-state index contributed by atoms with van der Waals surface area (Å²) in [5, 5.41) is 10.8. The van der Waals surface area contributed by atoms with Crippen molar-refractivity contribution in [3.8, 4) is 0 Å². The maximum atomic E-state index is 16.6. The molecule has 5 nitrogen and oxygen atoms in total. The molecule has 0 amide bonds. The molecule has 0 radical (unpaired) electrons. The van der Waals surface area contributed by atoms with Crippen LogP contribution in [-0.4, -0.2) is 32.4 Å². The molecule has 0 aromatic heterocycles. The Kier molecular flexibility index (Phi) is 6.80. The Balaban J connectivity index is 2.26. The fourth-order valence-electron chi connectivity index (χ4n) is 2.91. The Morgan fingerprint density at radius 3 is 1.52 bits per heavy atom. The smallest absolute Gasteiger partial charge is 0.347 e. The molecule has 0 spiro atoms. The predicted octanol–water partition coefficient (Wildman–Crippen LogP) is 4.35. The van der Waals surface area contributed by atoms with E-state index in [0.29, 0.717) is 5.56 Å². The lowest BCUT2D eigenvalue weighted by atomic mass is 10.2. The van der Waals surface area contributed by atoms with Gasteiger partial charge in [-0.25, -0.2) is 21.2 Å². The van der Waals surface area contributed by atoms with Crippen molar-refractivity contribution in [2.45, 2.75) is 20.2 Å². The number of aliphatic hydroxyl groups excluding tert-OH is 1. The number of benzene rings is 3. The van der Waals surface area contributed by atoms with Crippen LogP contribution in [0.3, 0.4) is 0 Å². The second-order valence-corrected chi connectivity index (χ2v) is 11.9. The third-order valence-electron chi connectivity index (χ3n) is 4.53. The summed E-state index contributed by atoms with van der Waals surface area (Å²) >= 11 is 2.99. The largest absolute Gasteiger partial charge is 0.382 e. The average Bonchev–Trinajstić information content (AvgIpc) is 2.79. The van der Waals surface area contributed by atoms with Crippen LogP contribution in [0.2, 0.25) is 0 Å². The minimum Gasteiger partial charge on any atom is -0.382 e. The van der Waals surface area contributed by atoms with Crippen LogP contribution >= 0.6 is 15.9 Å². The highest BCUT2D eigenvalue weighted by molar-refractivity contribution is 9.11. The zero-order chi connectivity index (χ0) is 22.7. The minimum absolute atomic E-state index is 0.347. The molecule has 3 aromatic carbocycles. The van der Waals surface area contributed by atoms with Gasteiger partial charge in [-0.3, -0.25) is 0 Å². The van der Waals surface area contributed by atoms with Crippen LogP contribution in [0, 0.1) is 0 Å². The molecule has 3 aromatic rings. The quantitative estimate of drug-likeness (QED) is 0.496. The predicted molar refractivity (Wildman–Crippen MR) is 120 cm³/mol. The first-order valence-electron chi connectivity index (χ1n) is 9.01. The molecule has 0 aliphatic heterocycles. The SMILES string of the molecule is O=S(=O)(c1ccccc1)C(F)(C(O)/C(Br)=C/c1ccccc1)S(=O)(=O)c1ccccc1. The van der Waals surface area contributed by atoms with Crippen molar-refractivity contribution in [2.24, 2.45) is 0 Å². The first-order valence-corrected chi connectivity index (χ1v) is 12.8. The second-order valence-electron chi connectivity index (χ2n) is 6.56. The standard InChI is InChI=1S/C22H18BrFO5S2/c23-20(16-17-10-4-1-5-11-17)21(25)22(24,30(26,27)18-12-6-2-7-13-18)31(28,29)19-14-8-3-9-15-19/h1-16,21,25H/b20-16-. The molecule has 0 aliphatic rings. The number of halogens is 2.